The highest BCUT2D eigenvalue weighted by Gasteiger charge is 2.04. The number of aryl methyl sites for hydroxylation is 1. The molecule has 0 radical (unpaired) electrons. The zero-order valence-corrected chi connectivity index (χ0v) is 11.2. The standard InChI is InChI=1S/C13H12BrNO2/c1-9-7-12(14)13(15-8-9)17-11-5-3-10(16-2)4-6-11/h3-8H,1-2H3. The molecule has 3 nitrogen and oxygen atoms in total. The summed E-state index contributed by atoms with van der Waals surface area (Å²) in [6.07, 6.45) is 1.77. The Labute approximate surface area is 109 Å². The van der Waals surface area contributed by atoms with Crippen molar-refractivity contribution in [3.05, 3.63) is 46.6 Å². The van der Waals surface area contributed by atoms with E-state index in [1.165, 1.54) is 0 Å². The van der Waals surface area contributed by atoms with Crippen molar-refractivity contribution in [1.29, 1.82) is 0 Å². The molecule has 0 aliphatic carbocycles. The fourth-order valence-corrected chi connectivity index (χ4v) is 1.90. The van der Waals surface area contributed by atoms with E-state index in [1.54, 1.807) is 13.3 Å². The Morgan fingerprint density at radius 1 is 1.12 bits per heavy atom. The first-order chi connectivity index (χ1) is 8.19. The van der Waals surface area contributed by atoms with Crippen LogP contribution in [0.3, 0.4) is 0 Å². The summed E-state index contributed by atoms with van der Waals surface area (Å²) < 4.78 is 11.6. The number of halogens is 1. The molecule has 0 unspecified atom stereocenters. The van der Waals surface area contributed by atoms with Gasteiger partial charge in [0.25, 0.3) is 0 Å². The summed E-state index contributed by atoms with van der Waals surface area (Å²) in [5.74, 6) is 2.08. The second kappa shape index (κ2) is 5.19. The van der Waals surface area contributed by atoms with Crippen LogP contribution in [0.2, 0.25) is 0 Å². The van der Waals surface area contributed by atoms with Gasteiger partial charge >= 0.3 is 0 Å². The van der Waals surface area contributed by atoms with E-state index in [0.717, 1.165) is 21.5 Å². The Balaban J connectivity index is 2.19. The molecule has 0 aliphatic rings. The van der Waals surface area contributed by atoms with Crippen molar-refractivity contribution < 1.29 is 9.47 Å². The molecule has 4 heteroatoms. The van der Waals surface area contributed by atoms with E-state index >= 15 is 0 Å². The summed E-state index contributed by atoms with van der Waals surface area (Å²) in [6, 6.07) is 9.33. The number of rotatable bonds is 3. The predicted molar refractivity (Wildman–Crippen MR) is 69.7 cm³/mol. The monoisotopic (exact) mass is 293 g/mol. The van der Waals surface area contributed by atoms with Crippen LogP contribution in [0, 0.1) is 6.92 Å². The highest BCUT2D eigenvalue weighted by molar-refractivity contribution is 9.10. The minimum atomic E-state index is 0.556. The second-order valence-corrected chi connectivity index (χ2v) is 4.43. The molecule has 0 aliphatic heterocycles. The molecule has 0 saturated heterocycles. The molecule has 0 atom stereocenters. The van der Waals surface area contributed by atoms with Crippen LogP contribution in [0.25, 0.3) is 0 Å². The SMILES string of the molecule is COc1ccc(Oc2ncc(C)cc2Br)cc1. The highest BCUT2D eigenvalue weighted by atomic mass is 79.9. The Morgan fingerprint density at radius 2 is 1.76 bits per heavy atom. The summed E-state index contributed by atoms with van der Waals surface area (Å²) in [7, 11) is 1.63. The number of methoxy groups -OCH3 is 1. The van der Waals surface area contributed by atoms with Gasteiger partial charge in [-0.3, -0.25) is 0 Å². The lowest BCUT2D eigenvalue weighted by molar-refractivity contribution is 0.412. The zero-order valence-electron chi connectivity index (χ0n) is 9.61. The van der Waals surface area contributed by atoms with Crippen molar-refractivity contribution in [2.75, 3.05) is 7.11 Å². The number of hydrogen-bond donors (Lipinski definition) is 0. The molecule has 17 heavy (non-hydrogen) atoms. The highest BCUT2D eigenvalue weighted by Crippen LogP contribution is 2.28. The minimum Gasteiger partial charge on any atom is -0.497 e. The van der Waals surface area contributed by atoms with Gasteiger partial charge < -0.3 is 9.47 Å². The number of ether oxygens (including phenoxy) is 2. The Bertz CT molecular complexity index is 511. The van der Waals surface area contributed by atoms with Gasteiger partial charge in [-0.2, -0.15) is 0 Å². The molecule has 0 saturated carbocycles. The van der Waals surface area contributed by atoms with Crippen LogP contribution >= 0.6 is 15.9 Å². The van der Waals surface area contributed by atoms with Crippen LogP contribution in [-0.2, 0) is 0 Å². The first-order valence-electron chi connectivity index (χ1n) is 5.13. The molecule has 0 spiro atoms. The molecule has 2 aromatic rings. The fourth-order valence-electron chi connectivity index (χ4n) is 1.35. The van der Waals surface area contributed by atoms with Gasteiger partial charge in [-0.25, -0.2) is 4.98 Å². The van der Waals surface area contributed by atoms with E-state index in [0.29, 0.717) is 5.88 Å². The van der Waals surface area contributed by atoms with Crippen LogP contribution in [0.4, 0.5) is 0 Å². The number of hydrogen-bond acceptors (Lipinski definition) is 3. The second-order valence-electron chi connectivity index (χ2n) is 3.58. The third kappa shape index (κ3) is 2.97. The van der Waals surface area contributed by atoms with Gasteiger partial charge in [-0.15, -0.1) is 0 Å². The van der Waals surface area contributed by atoms with Crippen molar-refractivity contribution in [1.82, 2.24) is 4.98 Å². The number of nitrogens with zero attached hydrogens (tertiary/aromatic N) is 1. The number of pyridine rings is 1. The topological polar surface area (TPSA) is 31.4 Å². The predicted octanol–water partition coefficient (Wildman–Crippen LogP) is 3.95. The molecule has 1 aromatic heterocycles. The van der Waals surface area contributed by atoms with Crippen molar-refractivity contribution in [2.45, 2.75) is 6.92 Å². The van der Waals surface area contributed by atoms with Crippen molar-refractivity contribution >= 4 is 15.9 Å². The zero-order chi connectivity index (χ0) is 12.3. The molecule has 1 heterocycles. The lowest BCUT2D eigenvalue weighted by Crippen LogP contribution is -1.90. The molecule has 2 rings (SSSR count). The van der Waals surface area contributed by atoms with Gasteiger partial charge in [0.15, 0.2) is 0 Å². The van der Waals surface area contributed by atoms with Crippen LogP contribution in [0.1, 0.15) is 5.56 Å². The average molecular weight is 294 g/mol. The molecule has 1 aromatic carbocycles. The Kier molecular flexibility index (Phi) is 3.64. The van der Waals surface area contributed by atoms with Gasteiger partial charge in [0, 0.05) is 6.20 Å². The van der Waals surface area contributed by atoms with E-state index in [-0.39, 0.29) is 0 Å². The average Bonchev–Trinajstić information content (AvgIpc) is 2.34. The summed E-state index contributed by atoms with van der Waals surface area (Å²) in [5, 5.41) is 0. The smallest absolute Gasteiger partial charge is 0.233 e. The van der Waals surface area contributed by atoms with Crippen LogP contribution in [-0.4, -0.2) is 12.1 Å². The lowest BCUT2D eigenvalue weighted by Gasteiger charge is -2.07. The Morgan fingerprint density at radius 3 is 2.35 bits per heavy atom. The molecule has 88 valence electrons. The largest absolute Gasteiger partial charge is 0.497 e. The number of benzene rings is 1. The van der Waals surface area contributed by atoms with Crippen LogP contribution in [0.5, 0.6) is 17.4 Å². The quantitative estimate of drug-likeness (QED) is 0.858. The lowest BCUT2D eigenvalue weighted by atomic mass is 10.3. The maximum atomic E-state index is 5.65. The summed E-state index contributed by atoms with van der Waals surface area (Å²) >= 11 is 3.42. The maximum absolute atomic E-state index is 5.65. The van der Waals surface area contributed by atoms with E-state index in [9.17, 15) is 0 Å². The fraction of sp³-hybridized carbons (Fsp3) is 0.154. The van der Waals surface area contributed by atoms with E-state index < -0.39 is 0 Å². The van der Waals surface area contributed by atoms with Gasteiger partial charge in [-0.1, -0.05) is 0 Å². The van der Waals surface area contributed by atoms with Crippen molar-refractivity contribution in [2.24, 2.45) is 0 Å². The van der Waals surface area contributed by atoms with Crippen molar-refractivity contribution in [3.8, 4) is 17.4 Å². The molecular formula is C13H12BrNO2. The molecule has 0 N–H and O–H groups in total. The van der Waals surface area contributed by atoms with Gasteiger partial charge in [0.1, 0.15) is 11.5 Å². The molecule has 0 bridgehead atoms. The Hall–Kier alpha value is -1.55. The third-order valence-electron chi connectivity index (χ3n) is 2.22. The molecule has 0 amide bonds. The van der Waals surface area contributed by atoms with Gasteiger partial charge in [0.2, 0.25) is 5.88 Å². The first kappa shape index (κ1) is 11.9. The van der Waals surface area contributed by atoms with E-state index in [4.69, 9.17) is 9.47 Å². The van der Waals surface area contributed by atoms with E-state index in [2.05, 4.69) is 20.9 Å². The third-order valence-corrected chi connectivity index (χ3v) is 2.79. The van der Waals surface area contributed by atoms with Gasteiger partial charge in [0.05, 0.1) is 11.6 Å². The number of aromatic nitrogens is 1. The van der Waals surface area contributed by atoms with Crippen molar-refractivity contribution in [3.63, 3.8) is 0 Å². The molecule has 0 fully saturated rings. The van der Waals surface area contributed by atoms with E-state index in [1.807, 2.05) is 37.3 Å². The minimum absolute atomic E-state index is 0.556. The summed E-state index contributed by atoms with van der Waals surface area (Å²) in [5.41, 5.74) is 1.08. The normalized spacial score (nSPS) is 10.1. The van der Waals surface area contributed by atoms with Crippen LogP contribution < -0.4 is 9.47 Å². The maximum Gasteiger partial charge on any atom is 0.233 e. The van der Waals surface area contributed by atoms with Crippen LogP contribution in [0.15, 0.2) is 41.0 Å². The molecular weight excluding hydrogens is 282 g/mol. The first-order valence-corrected chi connectivity index (χ1v) is 5.92. The summed E-state index contributed by atoms with van der Waals surface area (Å²) in [4.78, 5) is 4.22. The summed E-state index contributed by atoms with van der Waals surface area (Å²) in [6.45, 7) is 1.98. The van der Waals surface area contributed by atoms with Gasteiger partial charge in [-0.05, 0) is 58.7 Å².